The number of esters is 1. The highest BCUT2D eigenvalue weighted by molar-refractivity contribution is 7.17. The lowest BCUT2D eigenvalue weighted by Gasteiger charge is -2.12. The number of ether oxygens (including phenoxy) is 2. The van der Waals surface area contributed by atoms with Crippen LogP contribution in [0.3, 0.4) is 0 Å². The van der Waals surface area contributed by atoms with Crippen LogP contribution in [0.2, 0.25) is 0 Å². The molecule has 1 aromatic heterocycles. The number of nitrogens with one attached hydrogen (secondary N) is 1. The number of carbonyl (C=O) groups excluding carboxylic acids is 3. The van der Waals surface area contributed by atoms with Crippen molar-refractivity contribution < 1.29 is 23.9 Å². The Balaban J connectivity index is 1.54. The van der Waals surface area contributed by atoms with Gasteiger partial charge in [0.1, 0.15) is 10.8 Å². The molecule has 8 heteroatoms. The van der Waals surface area contributed by atoms with Gasteiger partial charge in [0.05, 0.1) is 5.56 Å². The minimum absolute atomic E-state index is 0.293. The molecule has 0 radical (unpaired) electrons. The van der Waals surface area contributed by atoms with E-state index < -0.39 is 24.4 Å². The number of anilines is 1. The van der Waals surface area contributed by atoms with Crippen molar-refractivity contribution in [1.29, 1.82) is 0 Å². The third kappa shape index (κ3) is 4.95. The Kier molecular flexibility index (Phi) is 6.53. The zero-order valence-electron chi connectivity index (χ0n) is 16.5. The van der Waals surface area contributed by atoms with Crippen molar-refractivity contribution in [2.75, 3.05) is 18.5 Å². The smallest absolute Gasteiger partial charge is 0.344 e. The van der Waals surface area contributed by atoms with Crippen molar-refractivity contribution in [2.45, 2.75) is 39.5 Å². The van der Waals surface area contributed by atoms with Crippen LogP contribution < -0.4 is 15.8 Å². The summed E-state index contributed by atoms with van der Waals surface area (Å²) in [6, 6.07) is 5.68. The molecule has 0 spiro atoms. The molecule has 7 nitrogen and oxygen atoms in total. The fourth-order valence-electron chi connectivity index (χ4n) is 3.42. The van der Waals surface area contributed by atoms with Gasteiger partial charge in [-0.1, -0.05) is 18.2 Å². The van der Waals surface area contributed by atoms with E-state index in [1.54, 1.807) is 0 Å². The molecular formula is C21H24N2O5S. The normalized spacial score (nSPS) is 12.8. The number of hydrogen-bond donors (Lipinski definition) is 2. The lowest BCUT2D eigenvalue weighted by atomic mass is 9.95. The number of amides is 2. The highest BCUT2D eigenvalue weighted by atomic mass is 32.1. The Morgan fingerprint density at radius 2 is 1.79 bits per heavy atom. The molecule has 0 aliphatic heterocycles. The van der Waals surface area contributed by atoms with Gasteiger partial charge in [-0.15, -0.1) is 11.3 Å². The molecular weight excluding hydrogens is 392 g/mol. The van der Waals surface area contributed by atoms with E-state index in [1.807, 2.05) is 32.0 Å². The van der Waals surface area contributed by atoms with Gasteiger partial charge >= 0.3 is 5.97 Å². The summed E-state index contributed by atoms with van der Waals surface area (Å²) >= 11 is 1.37. The average molecular weight is 416 g/mol. The van der Waals surface area contributed by atoms with Crippen LogP contribution in [-0.2, 0) is 27.2 Å². The lowest BCUT2D eigenvalue weighted by molar-refractivity contribution is -0.149. The second-order valence-corrected chi connectivity index (χ2v) is 8.10. The molecule has 0 saturated carbocycles. The topological polar surface area (TPSA) is 108 Å². The van der Waals surface area contributed by atoms with Crippen LogP contribution in [0.5, 0.6) is 5.75 Å². The van der Waals surface area contributed by atoms with Gasteiger partial charge in [-0.2, -0.15) is 0 Å². The first-order valence-corrected chi connectivity index (χ1v) is 10.3. The quantitative estimate of drug-likeness (QED) is 0.675. The number of rotatable bonds is 7. The van der Waals surface area contributed by atoms with Crippen LogP contribution in [0.1, 0.15) is 44.8 Å². The van der Waals surface area contributed by atoms with E-state index in [2.05, 4.69) is 5.32 Å². The number of benzene rings is 1. The maximum Gasteiger partial charge on any atom is 0.344 e. The molecule has 0 unspecified atom stereocenters. The third-order valence-electron chi connectivity index (χ3n) is 4.78. The first kappa shape index (κ1) is 20.9. The van der Waals surface area contributed by atoms with Gasteiger partial charge in [-0.25, -0.2) is 4.79 Å². The van der Waals surface area contributed by atoms with Crippen LogP contribution in [0, 0.1) is 13.8 Å². The molecule has 0 atom stereocenters. The summed E-state index contributed by atoms with van der Waals surface area (Å²) in [5.41, 5.74) is 8.65. The van der Waals surface area contributed by atoms with Gasteiger partial charge in [-0.3, -0.25) is 9.59 Å². The fraction of sp³-hybridized carbons (Fsp3) is 0.381. The summed E-state index contributed by atoms with van der Waals surface area (Å²) in [4.78, 5) is 37.1. The van der Waals surface area contributed by atoms with Gasteiger partial charge in [0.25, 0.3) is 11.8 Å². The molecule has 154 valence electrons. The number of carbonyl (C=O) groups is 3. The average Bonchev–Trinajstić information content (AvgIpc) is 3.04. The Hall–Kier alpha value is -2.87. The molecule has 2 aromatic rings. The Morgan fingerprint density at radius 1 is 1.10 bits per heavy atom. The summed E-state index contributed by atoms with van der Waals surface area (Å²) in [6.45, 7) is 3.02. The molecule has 2 amide bonds. The van der Waals surface area contributed by atoms with Gasteiger partial charge in [0.15, 0.2) is 13.2 Å². The Labute approximate surface area is 173 Å². The summed E-state index contributed by atoms with van der Waals surface area (Å²) in [5.74, 6) is -1.10. The molecule has 0 saturated heterocycles. The first-order valence-electron chi connectivity index (χ1n) is 9.45. The molecule has 29 heavy (non-hydrogen) atoms. The van der Waals surface area contributed by atoms with Crippen LogP contribution in [0.4, 0.5) is 5.00 Å². The number of aryl methyl sites for hydroxylation is 3. The number of nitrogens with two attached hydrogens (primary N) is 1. The zero-order valence-corrected chi connectivity index (χ0v) is 17.3. The van der Waals surface area contributed by atoms with Crippen LogP contribution in [0.25, 0.3) is 0 Å². The SMILES string of the molecule is Cc1cccc(C)c1OCC(=O)OCC(=O)Nc1sc2c(c1C(N)=O)CCCC2. The predicted octanol–water partition coefficient (Wildman–Crippen LogP) is 2.90. The second kappa shape index (κ2) is 9.09. The molecule has 3 N–H and O–H groups in total. The van der Waals surface area contributed by atoms with Crippen LogP contribution in [0.15, 0.2) is 18.2 Å². The number of primary amides is 1. The van der Waals surface area contributed by atoms with E-state index in [4.69, 9.17) is 15.2 Å². The van der Waals surface area contributed by atoms with Crippen LogP contribution >= 0.6 is 11.3 Å². The number of para-hydroxylation sites is 1. The zero-order chi connectivity index (χ0) is 21.0. The molecule has 0 bridgehead atoms. The monoisotopic (exact) mass is 416 g/mol. The Morgan fingerprint density at radius 3 is 2.48 bits per heavy atom. The van der Waals surface area contributed by atoms with Gasteiger partial charge in [0, 0.05) is 4.88 Å². The highest BCUT2D eigenvalue weighted by Gasteiger charge is 2.25. The predicted molar refractivity (Wildman–Crippen MR) is 110 cm³/mol. The first-order chi connectivity index (χ1) is 13.9. The van der Waals surface area contributed by atoms with Crippen molar-refractivity contribution >= 4 is 34.1 Å². The van der Waals surface area contributed by atoms with Crippen LogP contribution in [-0.4, -0.2) is 31.0 Å². The molecule has 1 aliphatic carbocycles. The minimum atomic E-state index is -0.650. The van der Waals surface area contributed by atoms with Gasteiger partial charge in [-0.05, 0) is 56.2 Å². The summed E-state index contributed by atoms with van der Waals surface area (Å²) < 4.78 is 10.5. The minimum Gasteiger partial charge on any atom is -0.481 e. The van der Waals surface area contributed by atoms with E-state index >= 15 is 0 Å². The molecule has 0 fully saturated rings. The summed E-state index contributed by atoms with van der Waals surface area (Å²) in [6.07, 6.45) is 3.71. The number of fused-ring (bicyclic) bond motifs is 1. The maximum atomic E-state index is 12.2. The van der Waals surface area contributed by atoms with E-state index in [1.165, 1.54) is 11.3 Å². The van der Waals surface area contributed by atoms with Crippen molar-refractivity contribution in [2.24, 2.45) is 5.73 Å². The van der Waals surface area contributed by atoms with Crippen molar-refractivity contribution in [3.05, 3.63) is 45.3 Å². The van der Waals surface area contributed by atoms with Crippen molar-refractivity contribution in [1.82, 2.24) is 0 Å². The number of thiophene rings is 1. The maximum absolute atomic E-state index is 12.2. The molecule has 1 heterocycles. The second-order valence-electron chi connectivity index (χ2n) is 7.00. The van der Waals surface area contributed by atoms with E-state index in [9.17, 15) is 14.4 Å². The van der Waals surface area contributed by atoms with Gasteiger partial charge in [0.2, 0.25) is 0 Å². The molecule has 1 aromatic carbocycles. The summed E-state index contributed by atoms with van der Waals surface area (Å²) in [7, 11) is 0. The van der Waals surface area contributed by atoms with E-state index in [0.29, 0.717) is 16.3 Å². The van der Waals surface area contributed by atoms with Crippen molar-refractivity contribution in [3.63, 3.8) is 0 Å². The lowest BCUT2D eigenvalue weighted by Crippen LogP contribution is -2.25. The Bertz CT molecular complexity index is 931. The highest BCUT2D eigenvalue weighted by Crippen LogP contribution is 2.37. The number of hydrogen-bond acceptors (Lipinski definition) is 6. The van der Waals surface area contributed by atoms with Gasteiger partial charge < -0.3 is 20.5 Å². The largest absolute Gasteiger partial charge is 0.481 e. The molecule has 3 rings (SSSR count). The standard InChI is InChI=1S/C21H24N2O5S/c1-12-6-5-7-13(2)19(12)28-11-17(25)27-10-16(24)23-21-18(20(22)26)14-8-3-4-9-15(14)29-21/h5-7H,3-4,8-11H2,1-2H3,(H2,22,26)(H,23,24). The molecule has 1 aliphatic rings. The van der Waals surface area contributed by atoms with E-state index in [0.717, 1.165) is 47.3 Å². The fourth-order valence-corrected chi connectivity index (χ4v) is 4.73. The van der Waals surface area contributed by atoms with Crippen molar-refractivity contribution in [3.8, 4) is 5.75 Å². The third-order valence-corrected chi connectivity index (χ3v) is 5.99. The van der Waals surface area contributed by atoms with E-state index in [-0.39, 0.29) is 6.61 Å². The summed E-state index contributed by atoms with van der Waals surface area (Å²) in [5, 5.41) is 3.09.